The Kier molecular flexibility index (Phi) is 3.95. The van der Waals surface area contributed by atoms with Crippen LogP contribution in [-0.4, -0.2) is 23.9 Å². The van der Waals surface area contributed by atoms with Gasteiger partial charge in [0.2, 0.25) is 5.91 Å². The summed E-state index contributed by atoms with van der Waals surface area (Å²) in [6, 6.07) is 8.71. The molecule has 0 bridgehead atoms. The molecule has 2 atom stereocenters. The van der Waals surface area contributed by atoms with Crippen LogP contribution < -0.4 is 10.2 Å². The monoisotopic (exact) mass is 286 g/mol. The first-order chi connectivity index (χ1) is 10.2. The molecule has 1 aliphatic carbocycles. The molecule has 1 saturated heterocycles. The average Bonchev–Trinajstić information content (AvgIpc) is 2.53. The predicted octanol–water partition coefficient (Wildman–Crippen LogP) is 2.49. The van der Waals surface area contributed by atoms with Crippen LogP contribution in [0.5, 0.6) is 0 Å². The van der Waals surface area contributed by atoms with E-state index in [4.69, 9.17) is 0 Å². The molecule has 1 aliphatic heterocycles. The van der Waals surface area contributed by atoms with Gasteiger partial charge in [-0.3, -0.25) is 14.5 Å². The summed E-state index contributed by atoms with van der Waals surface area (Å²) < 4.78 is 0. The molecule has 1 aromatic rings. The van der Waals surface area contributed by atoms with Crippen LogP contribution in [0.2, 0.25) is 0 Å². The van der Waals surface area contributed by atoms with Crippen LogP contribution in [0.25, 0.3) is 0 Å². The second kappa shape index (κ2) is 5.88. The first-order valence-corrected chi connectivity index (χ1v) is 7.87. The van der Waals surface area contributed by atoms with E-state index in [1.54, 1.807) is 11.8 Å². The van der Waals surface area contributed by atoms with Gasteiger partial charge in [-0.2, -0.15) is 0 Å². The lowest BCUT2D eigenvalue weighted by Crippen LogP contribution is -2.64. The van der Waals surface area contributed by atoms with Gasteiger partial charge in [0.05, 0.1) is 0 Å². The molecule has 2 fully saturated rings. The molecule has 2 unspecified atom stereocenters. The zero-order valence-corrected chi connectivity index (χ0v) is 12.4. The summed E-state index contributed by atoms with van der Waals surface area (Å²) in [6.45, 7) is 1.79. The summed E-state index contributed by atoms with van der Waals surface area (Å²) in [4.78, 5) is 26.8. The van der Waals surface area contributed by atoms with Gasteiger partial charge in [-0.15, -0.1) is 0 Å². The van der Waals surface area contributed by atoms with Gasteiger partial charge in [-0.1, -0.05) is 37.5 Å². The molecule has 4 heteroatoms. The van der Waals surface area contributed by atoms with Gasteiger partial charge >= 0.3 is 0 Å². The van der Waals surface area contributed by atoms with E-state index in [1.165, 1.54) is 6.42 Å². The molecule has 0 aromatic heterocycles. The highest BCUT2D eigenvalue weighted by atomic mass is 16.2. The number of hydrogen-bond donors (Lipinski definition) is 1. The number of nitrogens with one attached hydrogen (secondary N) is 1. The molecule has 2 amide bonds. The molecule has 2 aliphatic rings. The number of amides is 2. The molecule has 0 radical (unpaired) electrons. The predicted molar refractivity (Wildman–Crippen MR) is 81.9 cm³/mol. The topological polar surface area (TPSA) is 49.4 Å². The van der Waals surface area contributed by atoms with Gasteiger partial charge < -0.3 is 5.32 Å². The fraction of sp³-hybridized carbons (Fsp3) is 0.529. The van der Waals surface area contributed by atoms with Crippen molar-refractivity contribution < 1.29 is 9.59 Å². The standard InChI is InChI=1S/C17H22N2O2/c1-12-16(20)18-15(13-8-4-2-5-9-13)17(21)19(12)14-10-6-3-7-11-14/h3,6-7,10-13,15H,2,4-5,8-9H2,1H3,(H,18,20). The first-order valence-electron chi connectivity index (χ1n) is 7.87. The van der Waals surface area contributed by atoms with E-state index in [1.807, 2.05) is 30.3 Å². The Labute approximate surface area is 125 Å². The highest BCUT2D eigenvalue weighted by Gasteiger charge is 2.42. The van der Waals surface area contributed by atoms with Crippen molar-refractivity contribution in [1.82, 2.24) is 5.32 Å². The van der Waals surface area contributed by atoms with E-state index in [0.717, 1.165) is 31.4 Å². The van der Waals surface area contributed by atoms with Crippen LogP contribution in [0.15, 0.2) is 30.3 Å². The van der Waals surface area contributed by atoms with E-state index in [-0.39, 0.29) is 23.8 Å². The number of benzene rings is 1. The summed E-state index contributed by atoms with van der Waals surface area (Å²) in [5.41, 5.74) is 0.811. The van der Waals surface area contributed by atoms with Crippen molar-refractivity contribution in [3.63, 3.8) is 0 Å². The zero-order valence-electron chi connectivity index (χ0n) is 12.4. The molecule has 1 N–H and O–H groups in total. The Balaban J connectivity index is 1.88. The average molecular weight is 286 g/mol. The third-order valence-electron chi connectivity index (χ3n) is 4.72. The summed E-state index contributed by atoms with van der Waals surface area (Å²) in [5.74, 6) is 0.281. The molecule has 112 valence electrons. The SMILES string of the molecule is CC1C(=O)NC(C2CCCCC2)C(=O)N1c1ccccc1. The normalized spacial score (nSPS) is 27.6. The molecule has 21 heavy (non-hydrogen) atoms. The summed E-state index contributed by atoms with van der Waals surface area (Å²) >= 11 is 0. The molecule has 3 rings (SSSR count). The van der Waals surface area contributed by atoms with Gasteiger partial charge in [0.25, 0.3) is 5.91 Å². The number of para-hydroxylation sites is 1. The lowest BCUT2D eigenvalue weighted by atomic mass is 9.82. The second-order valence-corrected chi connectivity index (χ2v) is 6.10. The van der Waals surface area contributed by atoms with Crippen molar-refractivity contribution in [2.24, 2.45) is 5.92 Å². The number of carbonyl (C=O) groups is 2. The third kappa shape index (κ3) is 2.67. The van der Waals surface area contributed by atoms with Crippen molar-refractivity contribution in [3.05, 3.63) is 30.3 Å². The number of rotatable bonds is 2. The largest absolute Gasteiger partial charge is 0.342 e. The van der Waals surface area contributed by atoms with E-state index in [2.05, 4.69) is 5.32 Å². The highest BCUT2D eigenvalue weighted by Crippen LogP contribution is 2.31. The number of anilines is 1. The van der Waals surface area contributed by atoms with Gasteiger partial charge in [-0.05, 0) is 37.8 Å². The van der Waals surface area contributed by atoms with Gasteiger partial charge in [0, 0.05) is 5.69 Å². The fourth-order valence-corrected chi connectivity index (χ4v) is 3.52. The van der Waals surface area contributed by atoms with Crippen LogP contribution in [0.4, 0.5) is 5.69 Å². The first kappa shape index (κ1) is 14.1. The summed E-state index contributed by atoms with van der Waals surface area (Å²) in [5, 5.41) is 2.96. The molecular formula is C17H22N2O2. The van der Waals surface area contributed by atoms with Gasteiger partial charge in [-0.25, -0.2) is 0 Å². The molecular weight excluding hydrogens is 264 g/mol. The minimum atomic E-state index is -0.445. The Hall–Kier alpha value is -1.84. The maximum absolute atomic E-state index is 12.9. The van der Waals surface area contributed by atoms with E-state index >= 15 is 0 Å². The highest BCUT2D eigenvalue weighted by molar-refractivity contribution is 6.08. The quantitative estimate of drug-likeness (QED) is 0.908. The minimum Gasteiger partial charge on any atom is -0.342 e. The van der Waals surface area contributed by atoms with E-state index in [0.29, 0.717) is 0 Å². The third-order valence-corrected chi connectivity index (χ3v) is 4.72. The van der Waals surface area contributed by atoms with Crippen molar-refractivity contribution in [2.45, 2.75) is 51.1 Å². The van der Waals surface area contributed by atoms with Gasteiger partial charge in [0.15, 0.2) is 0 Å². The fourth-order valence-electron chi connectivity index (χ4n) is 3.52. The molecule has 1 aromatic carbocycles. The van der Waals surface area contributed by atoms with E-state index in [9.17, 15) is 9.59 Å². The van der Waals surface area contributed by atoms with Gasteiger partial charge in [0.1, 0.15) is 12.1 Å². The van der Waals surface area contributed by atoms with Crippen molar-refractivity contribution in [1.29, 1.82) is 0 Å². The lowest BCUT2D eigenvalue weighted by Gasteiger charge is -2.41. The second-order valence-electron chi connectivity index (χ2n) is 6.10. The maximum atomic E-state index is 12.9. The smallest absolute Gasteiger partial charge is 0.250 e. The lowest BCUT2D eigenvalue weighted by molar-refractivity contribution is -0.135. The van der Waals surface area contributed by atoms with E-state index < -0.39 is 6.04 Å². The Morgan fingerprint density at radius 2 is 1.71 bits per heavy atom. The van der Waals surface area contributed by atoms with Crippen LogP contribution in [-0.2, 0) is 9.59 Å². The summed E-state index contributed by atoms with van der Waals surface area (Å²) in [7, 11) is 0. The zero-order chi connectivity index (χ0) is 14.8. The van der Waals surface area contributed by atoms with Crippen molar-refractivity contribution in [3.8, 4) is 0 Å². The van der Waals surface area contributed by atoms with Crippen LogP contribution in [0.3, 0.4) is 0 Å². The maximum Gasteiger partial charge on any atom is 0.250 e. The van der Waals surface area contributed by atoms with Crippen LogP contribution in [0.1, 0.15) is 39.0 Å². The van der Waals surface area contributed by atoms with Crippen LogP contribution >= 0.6 is 0 Å². The number of piperazine rings is 1. The number of hydrogen-bond acceptors (Lipinski definition) is 2. The number of nitrogens with zero attached hydrogens (tertiary/aromatic N) is 1. The Morgan fingerprint density at radius 1 is 1.05 bits per heavy atom. The van der Waals surface area contributed by atoms with Crippen LogP contribution in [0, 0.1) is 5.92 Å². The molecule has 4 nitrogen and oxygen atoms in total. The minimum absolute atomic E-state index is 0.0419. The molecule has 0 spiro atoms. The Bertz CT molecular complexity index is 523. The number of carbonyl (C=O) groups excluding carboxylic acids is 2. The molecule has 1 saturated carbocycles. The van der Waals surface area contributed by atoms with Crippen molar-refractivity contribution in [2.75, 3.05) is 4.90 Å². The summed E-state index contributed by atoms with van der Waals surface area (Å²) in [6.07, 6.45) is 5.63. The van der Waals surface area contributed by atoms with Crippen molar-refractivity contribution >= 4 is 17.5 Å². The Morgan fingerprint density at radius 3 is 2.38 bits per heavy atom. The molecule has 1 heterocycles.